The van der Waals surface area contributed by atoms with Gasteiger partial charge >= 0.3 is 0 Å². The van der Waals surface area contributed by atoms with Gasteiger partial charge in [0.2, 0.25) is 5.13 Å². The highest BCUT2D eigenvalue weighted by molar-refractivity contribution is 7.09. The summed E-state index contributed by atoms with van der Waals surface area (Å²) in [5.41, 5.74) is 1.08. The Hall–Kier alpha value is -1.46. The molecule has 2 heterocycles. The molecule has 1 atom stereocenters. The van der Waals surface area contributed by atoms with Crippen LogP contribution in [-0.4, -0.2) is 36.2 Å². The van der Waals surface area contributed by atoms with Gasteiger partial charge in [-0.2, -0.15) is 9.36 Å². The summed E-state index contributed by atoms with van der Waals surface area (Å²) in [4.78, 5) is 7.04. The molecule has 106 valence electrons. The second-order valence-corrected chi connectivity index (χ2v) is 5.91. The van der Waals surface area contributed by atoms with Gasteiger partial charge in [0, 0.05) is 37.3 Å². The summed E-state index contributed by atoms with van der Waals surface area (Å²) in [5, 5.41) is 1.03. The van der Waals surface area contributed by atoms with Crippen molar-refractivity contribution in [1.82, 2.24) is 9.36 Å². The third-order valence-corrected chi connectivity index (χ3v) is 4.42. The minimum absolute atomic E-state index is 0.609. The molecule has 0 radical (unpaired) electrons. The zero-order valence-electron chi connectivity index (χ0n) is 11.7. The number of anilines is 1. The van der Waals surface area contributed by atoms with Gasteiger partial charge in [-0.1, -0.05) is 30.3 Å². The van der Waals surface area contributed by atoms with Crippen molar-refractivity contribution in [2.24, 2.45) is 5.92 Å². The number of hydrogen-bond acceptors (Lipinski definition) is 5. The maximum atomic E-state index is 5.28. The standard InChI is InChI=1S/C15H19N3OS/c1-19-11-12-6-5-9-18(10-12)15-16-14(17-20-15)13-7-3-2-4-8-13/h2-4,7-8,12H,5-6,9-11H2,1H3. The number of methoxy groups -OCH3 is 1. The van der Waals surface area contributed by atoms with Gasteiger partial charge in [0.05, 0.1) is 6.61 Å². The Morgan fingerprint density at radius 2 is 2.20 bits per heavy atom. The number of benzene rings is 1. The van der Waals surface area contributed by atoms with E-state index in [4.69, 9.17) is 9.72 Å². The zero-order chi connectivity index (χ0) is 13.8. The van der Waals surface area contributed by atoms with Gasteiger partial charge in [-0.25, -0.2) is 0 Å². The van der Waals surface area contributed by atoms with E-state index in [1.807, 2.05) is 18.2 Å². The Balaban J connectivity index is 1.73. The van der Waals surface area contributed by atoms with Crippen LogP contribution in [0.25, 0.3) is 11.4 Å². The summed E-state index contributed by atoms with van der Waals surface area (Å²) in [5.74, 6) is 1.44. The third-order valence-electron chi connectivity index (χ3n) is 3.64. The van der Waals surface area contributed by atoms with E-state index in [1.165, 1.54) is 24.4 Å². The van der Waals surface area contributed by atoms with Crippen LogP contribution in [0.1, 0.15) is 12.8 Å². The molecule has 3 rings (SSSR count). The number of aromatic nitrogens is 2. The summed E-state index contributed by atoms with van der Waals surface area (Å²) in [7, 11) is 1.78. The fourth-order valence-electron chi connectivity index (χ4n) is 2.66. The highest BCUT2D eigenvalue weighted by atomic mass is 32.1. The summed E-state index contributed by atoms with van der Waals surface area (Å²) in [6.07, 6.45) is 2.45. The lowest BCUT2D eigenvalue weighted by atomic mass is 9.99. The molecular formula is C15H19N3OS. The van der Waals surface area contributed by atoms with E-state index in [0.29, 0.717) is 5.92 Å². The number of rotatable bonds is 4. The van der Waals surface area contributed by atoms with Gasteiger partial charge in [0.1, 0.15) is 0 Å². The topological polar surface area (TPSA) is 38.2 Å². The van der Waals surface area contributed by atoms with Crippen LogP contribution in [0, 0.1) is 5.92 Å². The third kappa shape index (κ3) is 2.99. The van der Waals surface area contributed by atoms with E-state index in [0.717, 1.165) is 36.2 Å². The average molecular weight is 289 g/mol. The van der Waals surface area contributed by atoms with E-state index in [9.17, 15) is 0 Å². The van der Waals surface area contributed by atoms with Gasteiger partial charge in [0.25, 0.3) is 0 Å². The Labute approximate surface area is 123 Å². The van der Waals surface area contributed by atoms with E-state index in [2.05, 4.69) is 21.4 Å². The number of piperidine rings is 1. The predicted octanol–water partition coefficient (Wildman–Crippen LogP) is 3.07. The molecule has 0 aliphatic carbocycles. The van der Waals surface area contributed by atoms with Crippen LogP contribution in [0.5, 0.6) is 0 Å². The molecule has 0 bridgehead atoms. The molecule has 20 heavy (non-hydrogen) atoms. The van der Waals surface area contributed by atoms with Gasteiger partial charge in [-0.3, -0.25) is 0 Å². The molecule has 1 aliphatic rings. The van der Waals surface area contributed by atoms with E-state index >= 15 is 0 Å². The van der Waals surface area contributed by atoms with Gasteiger partial charge < -0.3 is 9.64 Å². The number of nitrogens with zero attached hydrogens (tertiary/aromatic N) is 3. The molecule has 0 spiro atoms. The molecule has 1 fully saturated rings. The lowest BCUT2D eigenvalue weighted by Crippen LogP contribution is -2.37. The lowest BCUT2D eigenvalue weighted by Gasteiger charge is -2.31. The Bertz CT molecular complexity index is 541. The van der Waals surface area contributed by atoms with Gasteiger partial charge in [0.15, 0.2) is 5.82 Å². The Kier molecular flexibility index (Phi) is 4.28. The second-order valence-electron chi connectivity index (χ2n) is 5.18. The number of hydrogen-bond donors (Lipinski definition) is 0. The van der Waals surface area contributed by atoms with Crippen LogP contribution in [0.4, 0.5) is 5.13 Å². The first kappa shape index (κ1) is 13.5. The Morgan fingerprint density at radius 3 is 3.00 bits per heavy atom. The molecule has 0 amide bonds. The minimum atomic E-state index is 0.609. The molecule has 0 saturated carbocycles. The van der Waals surface area contributed by atoms with Crippen molar-refractivity contribution in [1.29, 1.82) is 0 Å². The van der Waals surface area contributed by atoms with Crippen molar-refractivity contribution in [3.05, 3.63) is 30.3 Å². The molecule has 1 aromatic heterocycles. The van der Waals surface area contributed by atoms with Crippen LogP contribution >= 0.6 is 11.5 Å². The van der Waals surface area contributed by atoms with E-state index in [1.54, 1.807) is 7.11 Å². The fourth-order valence-corrected chi connectivity index (χ4v) is 3.38. The molecule has 2 aromatic rings. The molecular weight excluding hydrogens is 270 g/mol. The van der Waals surface area contributed by atoms with Crippen LogP contribution in [0.2, 0.25) is 0 Å². The molecule has 0 N–H and O–H groups in total. The van der Waals surface area contributed by atoms with Crippen molar-refractivity contribution in [3.8, 4) is 11.4 Å². The summed E-state index contributed by atoms with van der Waals surface area (Å²) in [6, 6.07) is 10.2. The normalized spacial score (nSPS) is 19.2. The largest absolute Gasteiger partial charge is 0.384 e. The maximum absolute atomic E-state index is 5.28. The summed E-state index contributed by atoms with van der Waals surface area (Å²) < 4.78 is 9.77. The SMILES string of the molecule is COCC1CCCN(c2nc(-c3ccccc3)ns2)C1. The maximum Gasteiger partial charge on any atom is 0.205 e. The van der Waals surface area contributed by atoms with Crippen molar-refractivity contribution < 1.29 is 4.74 Å². The quantitative estimate of drug-likeness (QED) is 0.867. The zero-order valence-corrected chi connectivity index (χ0v) is 12.5. The lowest BCUT2D eigenvalue weighted by molar-refractivity contribution is 0.143. The fraction of sp³-hybridized carbons (Fsp3) is 0.467. The van der Waals surface area contributed by atoms with Crippen molar-refractivity contribution in [3.63, 3.8) is 0 Å². The Morgan fingerprint density at radius 1 is 1.35 bits per heavy atom. The summed E-state index contributed by atoms with van der Waals surface area (Å²) in [6.45, 7) is 2.93. The van der Waals surface area contributed by atoms with E-state index < -0.39 is 0 Å². The van der Waals surface area contributed by atoms with Crippen molar-refractivity contribution in [2.75, 3.05) is 31.7 Å². The smallest absolute Gasteiger partial charge is 0.205 e. The monoisotopic (exact) mass is 289 g/mol. The number of ether oxygens (including phenoxy) is 1. The van der Waals surface area contributed by atoms with Crippen LogP contribution in [0.15, 0.2) is 30.3 Å². The van der Waals surface area contributed by atoms with Crippen LogP contribution in [-0.2, 0) is 4.74 Å². The second kappa shape index (κ2) is 6.33. The van der Waals surface area contributed by atoms with Crippen molar-refractivity contribution in [2.45, 2.75) is 12.8 Å². The first-order valence-electron chi connectivity index (χ1n) is 7.00. The molecule has 1 unspecified atom stereocenters. The first-order chi connectivity index (χ1) is 9.86. The molecule has 5 heteroatoms. The van der Waals surface area contributed by atoms with Gasteiger partial charge in [-0.15, -0.1) is 0 Å². The van der Waals surface area contributed by atoms with Crippen LogP contribution in [0.3, 0.4) is 0 Å². The molecule has 1 aliphatic heterocycles. The molecule has 1 aromatic carbocycles. The van der Waals surface area contributed by atoms with E-state index in [-0.39, 0.29) is 0 Å². The highest BCUT2D eigenvalue weighted by Gasteiger charge is 2.22. The summed E-state index contributed by atoms with van der Waals surface area (Å²) >= 11 is 1.50. The predicted molar refractivity (Wildman–Crippen MR) is 82.2 cm³/mol. The molecule has 1 saturated heterocycles. The molecule has 4 nitrogen and oxygen atoms in total. The highest BCUT2D eigenvalue weighted by Crippen LogP contribution is 2.27. The first-order valence-corrected chi connectivity index (χ1v) is 7.77. The van der Waals surface area contributed by atoms with Crippen LogP contribution < -0.4 is 4.90 Å². The average Bonchev–Trinajstić information content (AvgIpc) is 2.99. The minimum Gasteiger partial charge on any atom is -0.384 e. The van der Waals surface area contributed by atoms with Crippen molar-refractivity contribution >= 4 is 16.7 Å². The van der Waals surface area contributed by atoms with Gasteiger partial charge in [-0.05, 0) is 18.8 Å².